The van der Waals surface area contributed by atoms with Crippen LogP contribution in [0.5, 0.6) is 0 Å². The van der Waals surface area contributed by atoms with E-state index in [1.807, 2.05) is 20.1 Å². The lowest BCUT2D eigenvalue weighted by atomic mass is 10.0. The Kier molecular flexibility index (Phi) is 6.15. The van der Waals surface area contributed by atoms with Crippen LogP contribution in [0, 0.1) is 5.92 Å². The van der Waals surface area contributed by atoms with Gasteiger partial charge in [-0.1, -0.05) is 20.3 Å². The molecule has 4 nitrogen and oxygen atoms in total. The highest BCUT2D eigenvalue weighted by molar-refractivity contribution is 7.98. The number of rotatable bonds is 6. The average Bonchev–Trinajstić information content (AvgIpc) is 2.43. The molecule has 1 heterocycles. The number of hydrogen-bond donors (Lipinski definition) is 2. The van der Waals surface area contributed by atoms with Crippen LogP contribution in [-0.4, -0.2) is 34.9 Å². The molecule has 0 radical (unpaired) electrons. The van der Waals surface area contributed by atoms with E-state index in [-0.39, 0.29) is 18.4 Å². The summed E-state index contributed by atoms with van der Waals surface area (Å²) >= 11 is 1.49. The van der Waals surface area contributed by atoms with Gasteiger partial charge < -0.3 is 10.4 Å². The molecule has 0 saturated carbocycles. The predicted octanol–water partition coefficient (Wildman–Crippen LogP) is 1.94. The Hall–Kier alpha value is -1.07. The van der Waals surface area contributed by atoms with E-state index >= 15 is 0 Å². The second-order valence-corrected chi connectivity index (χ2v) is 5.08. The molecule has 0 aliphatic heterocycles. The Morgan fingerprint density at radius 3 is 2.94 bits per heavy atom. The average molecular weight is 268 g/mol. The standard InChI is InChI=1S/C13H20N2O2S/c1-4-9(2)11(16)8-15-13(17)10-5-6-14-12(7-10)18-3/h5-7,9,11,16H,4,8H2,1-3H3,(H,15,17). The molecular formula is C13H20N2O2S. The first kappa shape index (κ1) is 15.0. The SMILES string of the molecule is CCC(C)C(O)CNC(=O)c1ccnc(SC)c1. The Morgan fingerprint density at radius 1 is 1.61 bits per heavy atom. The fourth-order valence-electron chi connectivity index (χ4n) is 1.43. The zero-order valence-corrected chi connectivity index (χ0v) is 11.8. The van der Waals surface area contributed by atoms with Gasteiger partial charge >= 0.3 is 0 Å². The molecule has 0 spiro atoms. The molecule has 1 rings (SSSR count). The van der Waals surface area contributed by atoms with E-state index in [1.165, 1.54) is 11.8 Å². The number of pyridine rings is 1. The molecule has 18 heavy (non-hydrogen) atoms. The summed E-state index contributed by atoms with van der Waals surface area (Å²) in [7, 11) is 0. The van der Waals surface area contributed by atoms with Crippen molar-refractivity contribution in [2.45, 2.75) is 31.4 Å². The molecule has 1 amide bonds. The molecule has 0 aromatic carbocycles. The van der Waals surface area contributed by atoms with Crippen LogP contribution in [-0.2, 0) is 0 Å². The van der Waals surface area contributed by atoms with Crippen LogP contribution in [0.25, 0.3) is 0 Å². The molecule has 5 heteroatoms. The first-order chi connectivity index (χ1) is 8.58. The maximum absolute atomic E-state index is 11.9. The molecular weight excluding hydrogens is 248 g/mol. The van der Waals surface area contributed by atoms with Gasteiger partial charge in [0.2, 0.25) is 0 Å². The van der Waals surface area contributed by atoms with Gasteiger partial charge in [-0.3, -0.25) is 4.79 Å². The fourth-order valence-corrected chi connectivity index (χ4v) is 1.85. The predicted molar refractivity (Wildman–Crippen MR) is 73.8 cm³/mol. The van der Waals surface area contributed by atoms with E-state index in [0.29, 0.717) is 5.56 Å². The summed E-state index contributed by atoms with van der Waals surface area (Å²) in [6, 6.07) is 3.42. The van der Waals surface area contributed by atoms with E-state index in [2.05, 4.69) is 10.3 Å². The van der Waals surface area contributed by atoms with Crippen molar-refractivity contribution in [3.63, 3.8) is 0 Å². The molecule has 2 unspecified atom stereocenters. The summed E-state index contributed by atoms with van der Waals surface area (Å²) in [6.45, 7) is 4.27. The van der Waals surface area contributed by atoms with Crippen LogP contribution in [0.1, 0.15) is 30.6 Å². The van der Waals surface area contributed by atoms with Crippen molar-refractivity contribution in [1.29, 1.82) is 0 Å². The van der Waals surface area contributed by atoms with Crippen molar-refractivity contribution in [2.24, 2.45) is 5.92 Å². The first-order valence-electron chi connectivity index (χ1n) is 6.04. The van der Waals surface area contributed by atoms with Gasteiger partial charge in [0.05, 0.1) is 11.1 Å². The van der Waals surface area contributed by atoms with Crippen LogP contribution < -0.4 is 5.32 Å². The number of aliphatic hydroxyl groups is 1. The number of hydrogen-bond acceptors (Lipinski definition) is 4. The van der Waals surface area contributed by atoms with E-state index in [9.17, 15) is 9.90 Å². The molecule has 0 fully saturated rings. The summed E-state index contributed by atoms with van der Waals surface area (Å²) in [5.41, 5.74) is 0.575. The molecule has 0 saturated heterocycles. The Morgan fingerprint density at radius 2 is 2.33 bits per heavy atom. The van der Waals surface area contributed by atoms with Crippen LogP contribution in [0.15, 0.2) is 23.4 Å². The number of carbonyl (C=O) groups is 1. The number of thioether (sulfide) groups is 1. The molecule has 100 valence electrons. The van der Waals surface area contributed by atoms with Crippen molar-refractivity contribution < 1.29 is 9.90 Å². The van der Waals surface area contributed by atoms with E-state index in [1.54, 1.807) is 18.3 Å². The third-order valence-corrected chi connectivity index (χ3v) is 3.62. The van der Waals surface area contributed by atoms with Crippen LogP contribution >= 0.6 is 11.8 Å². The lowest BCUT2D eigenvalue weighted by molar-refractivity contribution is 0.0850. The van der Waals surface area contributed by atoms with E-state index in [0.717, 1.165) is 11.4 Å². The minimum atomic E-state index is -0.499. The highest BCUT2D eigenvalue weighted by Gasteiger charge is 2.14. The van der Waals surface area contributed by atoms with Crippen molar-refractivity contribution in [1.82, 2.24) is 10.3 Å². The summed E-state index contributed by atoms with van der Waals surface area (Å²) in [4.78, 5) is 16.0. The topological polar surface area (TPSA) is 62.2 Å². The van der Waals surface area contributed by atoms with Crippen molar-refractivity contribution >= 4 is 17.7 Å². The zero-order valence-electron chi connectivity index (χ0n) is 11.0. The van der Waals surface area contributed by atoms with Gasteiger partial charge in [0.25, 0.3) is 5.91 Å². The Bertz CT molecular complexity index is 398. The molecule has 0 aliphatic rings. The third kappa shape index (κ3) is 4.31. The highest BCUT2D eigenvalue weighted by Crippen LogP contribution is 2.12. The zero-order chi connectivity index (χ0) is 13.5. The lowest BCUT2D eigenvalue weighted by Gasteiger charge is -2.17. The third-order valence-electron chi connectivity index (χ3n) is 2.98. The largest absolute Gasteiger partial charge is 0.391 e. The molecule has 2 N–H and O–H groups in total. The number of carbonyl (C=O) groups excluding carboxylic acids is 1. The summed E-state index contributed by atoms with van der Waals surface area (Å²) in [5, 5.41) is 13.3. The minimum Gasteiger partial charge on any atom is -0.391 e. The monoisotopic (exact) mass is 268 g/mol. The van der Waals surface area contributed by atoms with Crippen molar-refractivity contribution in [2.75, 3.05) is 12.8 Å². The Labute approximate surface area is 112 Å². The van der Waals surface area contributed by atoms with Crippen molar-refractivity contribution in [3.05, 3.63) is 23.9 Å². The number of aliphatic hydroxyl groups excluding tert-OH is 1. The normalized spacial score (nSPS) is 14.0. The first-order valence-corrected chi connectivity index (χ1v) is 7.27. The second-order valence-electron chi connectivity index (χ2n) is 4.25. The van der Waals surface area contributed by atoms with Gasteiger partial charge in [0.15, 0.2) is 0 Å². The Balaban J connectivity index is 2.54. The van der Waals surface area contributed by atoms with Gasteiger partial charge in [0.1, 0.15) is 0 Å². The van der Waals surface area contributed by atoms with Gasteiger partial charge in [-0.2, -0.15) is 0 Å². The lowest BCUT2D eigenvalue weighted by Crippen LogP contribution is -2.35. The van der Waals surface area contributed by atoms with Gasteiger partial charge in [-0.15, -0.1) is 11.8 Å². The minimum absolute atomic E-state index is 0.171. The highest BCUT2D eigenvalue weighted by atomic mass is 32.2. The number of amides is 1. The number of aromatic nitrogens is 1. The molecule has 1 aromatic heterocycles. The molecule has 0 aliphatic carbocycles. The summed E-state index contributed by atoms with van der Waals surface area (Å²) in [5.74, 6) is 0.0135. The molecule has 2 atom stereocenters. The quantitative estimate of drug-likeness (QED) is 0.774. The second kappa shape index (κ2) is 7.38. The fraction of sp³-hybridized carbons (Fsp3) is 0.538. The number of nitrogens with one attached hydrogen (secondary N) is 1. The van der Waals surface area contributed by atoms with Gasteiger partial charge in [-0.05, 0) is 24.3 Å². The van der Waals surface area contributed by atoms with E-state index in [4.69, 9.17) is 0 Å². The van der Waals surface area contributed by atoms with Gasteiger partial charge in [-0.25, -0.2) is 4.98 Å². The maximum atomic E-state index is 11.9. The maximum Gasteiger partial charge on any atom is 0.251 e. The van der Waals surface area contributed by atoms with Crippen molar-refractivity contribution in [3.8, 4) is 0 Å². The van der Waals surface area contributed by atoms with Crippen LogP contribution in [0.3, 0.4) is 0 Å². The van der Waals surface area contributed by atoms with Crippen LogP contribution in [0.2, 0.25) is 0 Å². The van der Waals surface area contributed by atoms with E-state index < -0.39 is 6.10 Å². The number of nitrogens with zero attached hydrogens (tertiary/aromatic N) is 1. The molecule has 0 bridgehead atoms. The van der Waals surface area contributed by atoms with Crippen LogP contribution in [0.4, 0.5) is 0 Å². The summed E-state index contributed by atoms with van der Waals surface area (Å²) in [6.07, 6.45) is 3.92. The smallest absolute Gasteiger partial charge is 0.251 e. The summed E-state index contributed by atoms with van der Waals surface area (Å²) < 4.78 is 0. The molecule has 1 aromatic rings. The van der Waals surface area contributed by atoms with Gasteiger partial charge in [0, 0.05) is 18.3 Å².